The van der Waals surface area contributed by atoms with Crippen molar-refractivity contribution in [3.63, 3.8) is 0 Å². The molecule has 0 radical (unpaired) electrons. The van der Waals surface area contributed by atoms with E-state index in [1.165, 1.54) is 17.7 Å². The predicted octanol–water partition coefficient (Wildman–Crippen LogP) is 3.22. The molecule has 1 saturated heterocycles. The fraction of sp³-hybridized carbons (Fsp3) is 0.625. The summed E-state index contributed by atoms with van der Waals surface area (Å²) in [5.41, 5.74) is 3.02. The molecule has 18 heavy (non-hydrogen) atoms. The average Bonchev–Trinajstić information content (AvgIpc) is 2.38. The Labute approximate surface area is 111 Å². The smallest absolute Gasteiger partial charge is 0.0412 e. The lowest BCUT2D eigenvalue weighted by Crippen LogP contribution is -2.61. The number of rotatable bonds is 3. The van der Waals surface area contributed by atoms with E-state index in [2.05, 4.69) is 62.2 Å². The standard InChI is InChI=1S/C16H26N2/c1-5-13-8-7-9-15(10-13)18-12-16(3,4)17-11-14(18)6-2/h7-10,14,17H,5-6,11-12H2,1-4H3. The molecule has 0 saturated carbocycles. The van der Waals surface area contributed by atoms with Gasteiger partial charge in [0.1, 0.15) is 0 Å². The zero-order chi connectivity index (χ0) is 13.2. The molecule has 100 valence electrons. The van der Waals surface area contributed by atoms with Gasteiger partial charge in [-0.1, -0.05) is 26.0 Å². The van der Waals surface area contributed by atoms with Gasteiger partial charge in [0, 0.05) is 30.4 Å². The Morgan fingerprint density at radius 3 is 2.78 bits per heavy atom. The monoisotopic (exact) mass is 246 g/mol. The molecule has 0 bridgehead atoms. The van der Waals surface area contributed by atoms with Gasteiger partial charge in [-0.05, 0) is 44.4 Å². The van der Waals surface area contributed by atoms with Crippen molar-refractivity contribution in [2.75, 3.05) is 18.0 Å². The number of nitrogens with one attached hydrogen (secondary N) is 1. The van der Waals surface area contributed by atoms with Crippen LogP contribution in [-0.4, -0.2) is 24.7 Å². The van der Waals surface area contributed by atoms with Crippen molar-refractivity contribution >= 4 is 5.69 Å². The predicted molar refractivity (Wildman–Crippen MR) is 79.3 cm³/mol. The molecule has 1 fully saturated rings. The first-order valence-corrected chi connectivity index (χ1v) is 7.16. The third kappa shape index (κ3) is 2.86. The summed E-state index contributed by atoms with van der Waals surface area (Å²) in [4.78, 5) is 2.58. The zero-order valence-electron chi connectivity index (χ0n) is 12.2. The Morgan fingerprint density at radius 1 is 1.33 bits per heavy atom. The Hall–Kier alpha value is -1.02. The molecule has 1 N–H and O–H groups in total. The van der Waals surface area contributed by atoms with Crippen LogP contribution in [-0.2, 0) is 6.42 Å². The lowest BCUT2D eigenvalue weighted by atomic mass is 9.96. The summed E-state index contributed by atoms with van der Waals surface area (Å²) in [5.74, 6) is 0. The van der Waals surface area contributed by atoms with Gasteiger partial charge in [-0.3, -0.25) is 0 Å². The maximum absolute atomic E-state index is 3.65. The van der Waals surface area contributed by atoms with E-state index < -0.39 is 0 Å². The summed E-state index contributed by atoms with van der Waals surface area (Å²) in [7, 11) is 0. The van der Waals surface area contributed by atoms with E-state index in [0.717, 1.165) is 19.5 Å². The zero-order valence-corrected chi connectivity index (χ0v) is 12.2. The van der Waals surface area contributed by atoms with Crippen molar-refractivity contribution in [2.24, 2.45) is 0 Å². The number of nitrogens with zero attached hydrogens (tertiary/aromatic N) is 1. The van der Waals surface area contributed by atoms with Gasteiger partial charge in [0.05, 0.1) is 0 Å². The molecule has 1 aromatic carbocycles. The van der Waals surface area contributed by atoms with Crippen LogP contribution in [0.25, 0.3) is 0 Å². The number of benzene rings is 1. The lowest BCUT2D eigenvalue weighted by molar-refractivity contribution is 0.306. The molecule has 1 heterocycles. The Bertz CT molecular complexity index is 398. The highest BCUT2D eigenvalue weighted by molar-refractivity contribution is 5.50. The fourth-order valence-electron chi connectivity index (χ4n) is 2.74. The Balaban J connectivity index is 2.26. The SMILES string of the molecule is CCc1cccc(N2CC(C)(C)NCC2CC)c1. The van der Waals surface area contributed by atoms with Gasteiger partial charge in [0.25, 0.3) is 0 Å². The molecular formula is C16H26N2. The van der Waals surface area contributed by atoms with E-state index in [1.54, 1.807) is 0 Å². The van der Waals surface area contributed by atoms with Crippen LogP contribution in [0, 0.1) is 0 Å². The minimum atomic E-state index is 0.202. The van der Waals surface area contributed by atoms with Gasteiger partial charge in [-0.2, -0.15) is 0 Å². The number of anilines is 1. The van der Waals surface area contributed by atoms with Gasteiger partial charge in [0.2, 0.25) is 0 Å². The van der Waals surface area contributed by atoms with Gasteiger partial charge in [0.15, 0.2) is 0 Å². The van der Waals surface area contributed by atoms with Crippen molar-refractivity contribution in [1.29, 1.82) is 0 Å². The quantitative estimate of drug-likeness (QED) is 0.881. The second-order valence-electron chi connectivity index (χ2n) is 5.98. The van der Waals surface area contributed by atoms with Crippen LogP contribution in [0.1, 0.15) is 39.7 Å². The van der Waals surface area contributed by atoms with Crippen LogP contribution < -0.4 is 10.2 Å². The summed E-state index contributed by atoms with van der Waals surface area (Å²) in [6.07, 6.45) is 2.31. The van der Waals surface area contributed by atoms with Crippen molar-refractivity contribution in [3.05, 3.63) is 29.8 Å². The van der Waals surface area contributed by atoms with E-state index in [9.17, 15) is 0 Å². The fourth-order valence-corrected chi connectivity index (χ4v) is 2.74. The minimum absolute atomic E-state index is 0.202. The molecular weight excluding hydrogens is 220 g/mol. The van der Waals surface area contributed by atoms with Crippen molar-refractivity contribution in [3.8, 4) is 0 Å². The van der Waals surface area contributed by atoms with Crippen LogP contribution >= 0.6 is 0 Å². The normalized spacial score (nSPS) is 23.1. The first-order chi connectivity index (χ1) is 8.55. The molecule has 0 amide bonds. The number of hydrogen-bond donors (Lipinski definition) is 1. The lowest BCUT2D eigenvalue weighted by Gasteiger charge is -2.46. The molecule has 0 aromatic heterocycles. The first-order valence-electron chi connectivity index (χ1n) is 7.16. The second-order valence-corrected chi connectivity index (χ2v) is 5.98. The molecule has 1 aromatic rings. The van der Waals surface area contributed by atoms with Gasteiger partial charge < -0.3 is 10.2 Å². The molecule has 0 aliphatic carbocycles. The molecule has 1 atom stereocenters. The second kappa shape index (κ2) is 5.31. The maximum atomic E-state index is 3.65. The highest BCUT2D eigenvalue weighted by atomic mass is 15.2. The molecule has 1 aliphatic heterocycles. The molecule has 2 heteroatoms. The third-order valence-electron chi connectivity index (χ3n) is 3.94. The minimum Gasteiger partial charge on any atom is -0.365 e. The Kier molecular flexibility index (Phi) is 3.96. The topological polar surface area (TPSA) is 15.3 Å². The largest absolute Gasteiger partial charge is 0.365 e. The van der Waals surface area contributed by atoms with Crippen LogP contribution in [0.4, 0.5) is 5.69 Å². The van der Waals surface area contributed by atoms with E-state index in [1.807, 2.05) is 0 Å². The van der Waals surface area contributed by atoms with Crippen LogP contribution in [0.15, 0.2) is 24.3 Å². The van der Waals surface area contributed by atoms with Crippen molar-refractivity contribution < 1.29 is 0 Å². The third-order valence-corrected chi connectivity index (χ3v) is 3.94. The number of aryl methyl sites for hydroxylation is 1. The van der Waals surface area contributed by atoms with E-state index in [0.29, 0.717) is 6.04 Å². The maximum Gasteiger partial charge on any atom is 0.0412 e. The van der Waals surface area contributed by atoms with Gasteiger partial charge in [-0.25, -0.2) is 0 Å². The van der Waals surface area contributed by atoms with Crippen LogP contribution in [0.5, 0.6) is 0 Å². The van der Waals surface area contributed by atoms with Crippen LogP contribution in [0.3, 0.4) is 0 Å². The highest BCUT2D eigenvalue weighted by Crippen LogP contribution is 2.25. The summed E-state index contributed by atoms with van der Waals surface area (Å²) < 4.78 is 0. The molecule has 2 rings (SSSR count). The Morgan fingerprint density at radius 2 is 2.11 bits per heavy atom. The summed E-state index contributed by atoms with van der Waals surface area (Å²) in [6, 6.07) is 9.63. The first kappa shape index (κ1) is 13.4. The van der Waals surface area contributed by atoms with E-state index in [4.69, 9.17) is 0 Å². The number of hydrogen-bond acceptors (Lipinski definition) is 2. The van der Waals surface area contributed by atoms with E-state index >= 15 is 0 Å². The summed E-state index contributed by atoms with van der Waals surface area (Å²) in [5, 5.41) is 3.65. The molecule has 2 nitrogen and oxygen atoms in total. The number of piperazine rings is 1. The molecule has 0 spiro atoms. The van der Waals surface area contributed by atoms with Crippen molar-refractivity contribution in [1.82, 2.24) is 5.32 Å². The molecule has 1 unspecified atom stereocenters. The molecule has 1 aliphatic rings. The average molecular weight is 246 g/mol. The van der Waals surface area contributed by atoms with Crippen LogP contribution in [0.2, 0.25) is 0 Å². The van der Waals surface area contributed by atoms with Crippen molar-refractivity contribution in [2.45, 2.75) is 52.1 Å². The van der Waals surface area contributed by atoms with Gasteiger partial charge >= 0.3 is 0 Å². The highest BCUT2D eigenvalue weighted by Gasteiger charge is 2.31. The summed E-state index contributed by atoms with van der Waals surface area (Å²) in [6.45, 7) is 11.2. The van der Waals surface area contributed by atoms with Gasteiger partial charge in [-0.15, -0.1) is 0 Å². The summed E-state index contributed by atoms with van der Waals surface area (Å²) >= 11 is 0. The van der Waals surface area contributed by atoms with E-state index in [-0.39, 0.29) is 5.54 Å².